The van der Waals surface area contributed by atoms with Gasteiger partial charge in [-0.15, -0.1) is 0 Å². The van der Waals surface area contributed by atoms with E-state index in [1.54, 1.807) is 6.92 Å². The molecule has 1 aliphatic heterocycles. The van der Waals surface area contributed by atoms with Gasteiger partial charge in [0, 0.05) is 43.6 Å². The third kappa shape index (κ3) is 4.37. The van der Waals surface area contributed by atoms with Gasteiger partial charge in [0.25, 0.3) is 5.91 Å². The van der Waals surface area contributed by atoms with E-state index in [0.717, 1.165) is 31.6 Å². The molecule has 21 heavy (non-hydrogen) atoms. The first kappa shape index (κ1) is 15.7. The third-order valence-corrected chi connectivity index (χ3v) is 3.73. The number of hydrogen-bond donors (Lipinski definition) is 3. The van der Waals surface area contributed by atoms with Gasteiger partial charge in [-0.1, -0.05) is 12.2 Å². The molecule has 7 heteroatoms. The summed E-state index contributed by atoms with van der Waals surface area (Å²) in [6.07, 6.45) is 3.13. The van der Waals surface area contributed by atoms with E-state index in [-0.39, 0.29) is 22.9 Å². The first-order chi connectivity index (χ1) is 9.95. The molecule has 0 radical (unpaired) electrons. The van der Waals surface area contributed by atoms with E-state index < -0.39 is 0 Å². The summed E-state index contributed by atoms with van der Waals surface area (Å²) in [7, 11) is 0. The molecule has 0 aromatic carbocycles. The van der Waals surface area contributed by atoms with Gasteiger partial charge in [0.2, 0.25) is 0 Å². The minimum absolute atomic E-state index is 0.0841. The van der Waals surface area contributed by atoms with Gasteiger partial charge in [-0.05, 0) is 19.8 Å². The van der Waals surface area contributed by atoms with E-state index in [1.165, 1.54) is 12.3 Å². The number of aryl methyl sites for hydroxylation is 1. The van der Waals surface area contributed by atoms with Crippen LogP contribution in [0.4, 0.5) is 0 Å². The molecule has 1 saturated heterocycles. The number of hydrogen-bond acceptors (Lipinski definition) is 4. The predicted molar refractivity (Wildman–Crippen MR) is 85.5 cm³/mol. The zero-order valence-electron chi connectivity index (χ0n) is 12.0. The maximum atomic E-state index is 12.1. The second kappa shape index (κ2) is 6.82. The zero-order chi connectivity index (χ0) is 15.4. The summed E-state index contributed by atoms with van der Waals surface area (Å²) in [6, 6.07) is 1.51. The van der Waals surface area contributed by atoms with Crippen molar-refractivity contribution in [1.82, 2.24) is 15.2 Å². The van der Waals surface area contributed by atoms with Gasteiger partial charge in [0.15, 0.2) is 5.43 Å². The van der Waals surface area contributed by atoms with Crippen LogP contribution < -0.4 is 16.5 Å². The summed E-state index contributed by atoms with van der Waals surface area (Å²) in [4.78, 5) is 29.4. The number of nitrogens with zero attached hydrogens (tertiary/aromatic N) is 1. The van der Waals surface area contributed by atoms with Crippen molar-refractivity contribution in [2.75, 3.05) is 19.6 Å². The lowest BCUT2D eigenvalue weighted by Crippen LogP contribution is -2.47. The van der Waals surface area contributed by atoms with E-state index in [4.69, 9.17) is 18.0 Å². The average molecular weight is 308 g/mol. The van der Waals surface area contributed by atoms with E-state index in [0.29, 0.717) is 11.5 Å². The molecule has 1 aromatic rings. The van der Waals surface area contributed by atoms with Crippen LogP contribution in [-0.4, -0.2) is 46.5 Å². The van der Waals surface area contributed by atoms with E-state index >= 15 is 0 Å². The topological polar surface area (TPSA) is 91.2 Å². The number of carbonyl (C=O) groups excluding carboxylic acids is 1. The highest BCUT2D eigenvalue weighted by Gasteiger charge is 2.22. The Morgan fingerprint density at radius 2 is 2.19 bits per heavy atom. The monoisotopic (exact) mass is 308 g/mol. The van der Waals surface area contributed by atoms with Crippen molar-refractivity contribution in [3.63, 3.8) is 0 Å². The molecule has 2 rings (SSSR count). The van der Waals surface area contributed by atoms with Gasteiger partial charge in [0.05, 0.1) is 4.99 Å². The smallest absolute Gasteiger partial charge is 0.256 e. The van der Waals surface area contributed by atoms with Crippen LogP contribution in [0.2, 0.25) is 0 Å². The molecule has 4 N–H and O–H groups in total. The highest BCUT2D eigenvalue weighted by atomic mass is 32.1. The third-order valence-electron chi connectivity index (χ3n) is 3.60. The minimum Gasteiger partial charge on any atom is -0.392 e. The lowest BCUT2D eigenvalue weighted by atomic mass is 10.0. The largest absolute Gasteiger partial charge is 0.392 e. The number of carbonyl (C=O) groups is 1. The Labute approximate surface area is 128 Å². The molecule has 0 saturated carbocycles. The van der Waals surface area contributed by atoms with Gasteiger partial charge in [-0.2, -0.15) is 0 Å². The fourth-order valence-electron chi connectivity index (χ4n) is 2.47. The molecular formula is C14H20N4O2S. The molecule has 1 aromatic heterocycles. The maximum absolute atomic E-state index is 12.1. The SMILES string of the molecule is Cc1cc(=O)c(C(=O)NC2CCN(CC(N)=S)CC2)c[nH]1. The lowest BCUT2D eigenvalue weighted by molar-refractivity contribution is 0.0913. The van der Waals surface area contributed by atoms with Gasteiger partial charge in [0.1, 0.15) is 5.56 Å². The van der Waals surface area contributed by atoms with Crippen molar-refractivity contribution in [3.8, 4) is 0 Å². The number of H-pyrrole nitrogens is 1. The van der Waals surface area contributed by atoms with Crippen LogP contribution in [-0.2, 0) is 0 Å². The fourth-order valence-corrected chi connectivity index (χ4v) is 2.65. The second-order valence-electron chi connectivity index (χ2n) is 5.38. The molecule has 1 amide bonds. The Morgan fingerprint density at radius 3 is 2.76 bits per heavy atom. The number of piperidine rings is 1. The first-order valence-corrected chi connectivity index (χ1v) is 7.37. The second-order valence-corrected chi connectivity index (χ2v) is 5.91. The van der Waals surface area contributed by atoms with Crippen molar-refractivity contribution in [1.29, 1.82) is 0 Å². The van der Waals surface area contributed by atoms with Crippen molar-refractivity contribution >= 4 is 23.1 Å². The van der Waals surface area contributed by atoms with Crippen molar-refractivity contribution in [2.24, 2.45) is 5.73 Å². The van der Waals surface area contributed by atoms with Crippen LogP contribution in [0.25, 0.3) is 0 Å². The molecule has 0 unspecified atom stereocenters. The van der Waals surface area contributed by atoms with Gasteiger partial charge < -0.3 is 16.0 Å². The molecule has 6 nitrogen and oxygen atoms in total. The van der Waals surface area contributed by atoms with Gasteiger partial charge >= 0.3 is 0 Å². The van der Waals surface area contributed by atoms with Gasteiger partial charge in [-0.25, -0.2) is 0 Å². The van der Waals surface area contributed by atoms with E-state index in [9.17, 15) is 9.59 Å². The highest BCUT2D eigenvalue weighted by molar-refractivity contribution is 7.80. The van der Waals surface area contributed by atoms with Crippen LogP contribution in [0.5, 0.6) is 0 Å². The van der Waals surface area contributed by atoms with E-state index in [2.05, 4.69) is 15.2 Å². The predicted octanol–water partition coefficient (Wildman–Crippen LogP) is 0.164. The summed E-state index contributed by atoms with van der Waals surface area (Å²) in [5.74, 6) is -0.316. The summed E-state index contributed by atoms with van der Waals surface area (Å²) in [5, 5.41) is 2.92. The van der Waals surface area contributed by atoms with Crippen molar-refractivity contribution < 1.29 is 4.79 Å². The number of likely N-dealkylation sites (tertiary alicyclic amines) is 1. The Kier molecular flexibility index (Phi) is 5.08. The summed E-state index contributed by atoms with van der Waals surface area (Å²) in [6.45, 7) is 4.08. The number of nitrogens with two attached hydrogens (primary N) is 1. The average Bonchev–Trinajstić information content (AvgIpc) is 2.40. The number of pyridine rings is 1. The highest BCUT2D eigenvalue weighted by Crippen LogP contribution is 2.10. The Morgan fingerprint density at radius 1 is 1.52 bits per heavy atom. The number of aromatic nitrogens is 1. The van der Waals surface area contributed by atoms with Crippen molar-refractivity contribution in [3.05, 3.63) is 33.7 Å². The normalized spacial score (nSPS) is 16.6. The van der Waals surface area contributed by atoms with Crippen LogP contribution in [0.15, 0.2) is 17.1 Å². The number of aromatic amines is 1. The van der Waals surface area contributed by atoms with Crippen LogP contribution in [0.1, 0.15) is 28.9 Å². The zero-order valence-corrected chi connectivity index (χ0v) is 12.8. The molecule has 0 aliphatic carbocycles. The molecule has 1 aliphatic rings. The molecule has 114 valence electrons. The number of amides is 1. The van der Waals surface area contributed by atoms with Crippen molar-refractivity contribution in [2.45, 2.75) is 25.8 Å². The van der Waals surface area contributed by atoms with Crippen LogP contribution in [0, 0.1) is 6.92 Å². The maximum Gasteiger partial charge on any atom is 0.256 e. The quantitative estimate of drug-likeness (QED) is 0.690. The molecule has 0 bridgehead atoms. The molecule has 2 heterocycles. The first-order valence-electron chi connectivity index (χ1n) is 6.96. The van der Waals surface area contributed by atoms with Gasteiger partial charge in [-0.3, -0.25) is 14.5 Å². The summed E-state index contributed by atoms with van der Waals surface area (Å²) in [5.41, 5.74) is 6.17. The minimum atomic E-state index is -0.316. The number of nitrogens with one attached hydrogen (secondary N) is 2. The number of thiocarbonyl (C=S) groups is 1. The van der Waals surface area contributed by atoms with E-state index in [1.807, 2.05) is 0 Å². The number of rotatable bonds is 4. The molecule has 0 spiro atoms. The molecular weight excluding hydrogens is 288 g/mol. The molecule has 1 fully saturated rings. The Hall–Kier alpha value is -1.73. The fraction of sp³-hybridized carbons (Fsp3) is 0.500. The summed E-state index contributed by atoms with van der Waals surface area (Å²) >= 11 is 4.89. The lowest BCUT2D eigenvalue weighted by Gasteiger charge is -2.31. The Bertz CT molecular complexity index is 591. The van der Waals surface area contributed by atoms with Crippen LogP contribution >= 0.6 is 12.2 Å². The Balaban J connectivity index is 1.90. The standard InChI is InChI=1S/C14H20N4O2S/c1-9-6-12(19)11(7-16-9)14(20)17-10-2-4-18(5-3-10)8-13(15)21/h6-7,10H,2-5,8H2,1H3,(H2,15,21)(H,16,19)(H,17,20). The van der Waals surface area contributed by atoms with Crippen LogP contribution in [0.3, 0.4) is 0 Å². The molecule has 0 atom stereocenters. The summed E-state index contributed by atoms with van der Waals surface area (Å²) < 4.78 is 0.